The van der Waals surface area contributed by atoms with E-state index in [0.29, 0.717) is 44.8 Å². The number of fused-ring (bicyclic) bond motifs is 3. The van der Waals surface area contributed by atoms with Gasteiger partial charge in [-0.25, -0.2) is 28.0 Å². The fraction of sp³-hybridized carbons (Fsp3) is 0.375. The van der Waals surface area contributed by atoms with Crippen LogP contribution in [-0.4, -0.2) is 83.3 Å². The van der Waals surface area contributed by atoms with Crippen LogP contribution in [0.15, 0.2) is 30.9 Å². The molecule has 14 heteroatoms. The van der Waals surface area contributed by atoms with Crippen molar-refractivity contribution in [1.82, 2.24) is 19.8 Å². The Bertz CT molecular complexity index is 1960. The number of carbonyl (C=O) groups is 1. The average molecular weight is 668 g/mol. The number of rotatable bonds is 6. The molecule has 2 N–H and O–H groups in total. The van der Waals surface area contributed by atoms with Crippen LogP contribution in [0.25, 0.3) is 37.1 Å². The van der Waals surface area contributed by atoms with E-state index < -0.39 is 23.3 Å². The summed E-state index contributed by atoms with van der Waals surface area (Å²) in [5, 5.41) is 0.418. The van der Waals surface area contributed by atoms with Crippen molar-refractivity contribution in [3.8, 4) is 17.0 Å². The molecule has 9 nitrogen and oxygen atoms in total. The van der Waals surface area contributed by atoms with Crippen LogP contribution in [0.5, 0.6) is 5.88 Å². The van der Waals surface area contributed by atoms with E-state index in [4.69, 9.17) is 28.6 Å². The number of ether oxygens (including phenoxy) is 1. The Balaban J connectivity index is 1.39. The van der Waals surface area contributed by atoms with E-state index in [-0.39, 0.29) is 66.5 Å². The molecule has 2 unspecified atom stereocenters. The monoisotopic (exact) mass is 667 g/mol. The molecule has 1 amide bonds. The summed E-state index contributed by atoms with van der Waals surface area (Å²) >= 11 is 7.74. The maximum absolute atomic E-state index is 16.9. The van der Waals surface area contributed by atoms with E-state index in [0.717, 1.165) is 30.7 Å². The molecule has 2 aromatic carbocycles. The lowest BCUT2D eigenvalue weighted by Gasteiger charge is -2.37. The largest absolute Gasteiger partial charge is 0.484 e. The van der Waals surface area contributed by atoms with Crippen molar-refractivity contribution in [3.05, 3.63) is 58.9 Å². The lowest BCUT2D eigenvalue weighted by atomic mass is 9.95. The molecule has 4 aromatic rings. The van der Waals surface area contributed by atoms with Crippen molar-refractivity contribution in [2.45, 2.75) is 31.0 Å². The number of aromatic nitrogens is 2. The lowest BCUT2D eigenvalue weighted by Crippen LogP contribution is -2.48. The van der Waals surface area contributed by atoms with Gasteiger partial charge < -0.3 is 20.3 Å². The van der Waals surface area contributed by atoms with Gasteiger partial charge >= 0.3 is 0 Å². The van der Waals surface area contributed by atoms with E-state index in [1.54, 1.807) is 11.0 Å². The van der Waals surface area contributed by atoms with Gasteiger partial charge in [0.1, 0.15) is 24.1 Å². The highest BCUT2D eigenvalue weighted by Gasteiger charge is 2.49. The van der Waals surface area contributed by atoms with E-state index >= 15 is 4.39 Å². The lowest BCUT2D eigenvalue weighted by molar-refractivity contribution is -0.126. The molecule has 3 saturated heterocycles. The molecule has 0 spiro atoms. The van der Waals surface area contributed by atoms with Gasteiger partial charge in [-0.1, -0.05) is 29.5 Å². The normalized spacial score (nSPS) is 21.6. The number of carbonyl (C=O) groups excluding carboxylic acids is 1. The number of nitrogens with zero attached hydrogens (tertiary/aromatic N) is 6. The van der Waals surface area contributed by atoms with Gasteiger partial charge in [-0.3, -0.25) is 9.69 Å². The van der Waals surface area contributed by atoms with Crippen LogP contribution >= 0.6 is 22.9 Å². The van der Waals surface area contributed by atoms with Crippen molar-refractivity contribution in [2.75, 3.05) is 56.5 Å². The minimum absolute atomic E-state index is 0.0121. The molecule has 0 saturated carbocycles. The Morgan fingerprint density at radius 1 is 1.24 bits per heavy atom. The first kappa shape index (κ1) is 30.5. The van der Waals surface area contributed by atoms with E-state index in [2.05, 4.69) is 26.3 Å². The Hall–Kier alpha value is -4.12. The van der Waals surface area contributed by atoms with Gasteiger partial charge in [-0.05, 0) is 43.7 Å². The molecular weight excluding hydrogens is 639 g/mol. The average Bonchev–Trinajstić information content (AvgIpc) is 3.72. The number of nitrogens with two attached hydrogens (primary N) is 1. The van der Waals surface area contributed by atoms with Crippen LogP contribution in [-0.2, 0) is 4.79 Å². The van der Waals surface area contributed by atoms with E-state index in [1.165, 1.54) is 18.2 Å². The van der Waals surface area contributed by atoms with Gasteiger partial charge in [0.25, 0.3) is 5.69 Å². The highest BCUT2D eigenvalue weighted by molar-refractivity contribution is 7.22. The molecule has 0 radical (unpaired) electrons. The van der Waals surface area contributed by atoms with Crippen LogP contribution < -0.4 is 15.4 Å². The molecule has 3 fully saturated rings. The summed E-state index contributed by atoms with van der Waals surface area (Å²) in [4.78, 5) is 30.5. The van der Waals surface area contributed by atoms with Crippen LogP contribution in [0.1, 0.15) is 19.3 Å². The number of thiazole rings is 1. The molecule has 7 rings (SSSR count). The highest BCUT2D eigenvalue weighted by Crippen LogP contribution is 2.49. The zero-order valence-electron chi connectivity index (χ0n) is 24.7. The zero-order valence-corrected chi connectivity index (χ0v) is 26.2. The van der Waals surface area contributed by atoms with Gasteiger partial charge in [-0.15, -0.1) is 0 Å². The maximum Gasteiger partial charge on any atom is 0.270 e. The first-order valence-electron chi connectivity index (χ1n) is 14.9. The number of anilines is 2. The number of hydrogen-bond acceptors (Lipinski definition) is 8. The predicted molar refractivity (Wildman–Crippen MR) is 173 cm³/mol. The van der Waals surface area contributed by atoms with Crippen molar-refractivity contribution < 1.29 is 22.7 Å². The summed E-state index contributed by atoms with van der Waals surface area (Å²) in [6, 6.07) is 4.15. The fourth-order valence-corrected chi connectivity index (χ4v) is 8.23. The second-order valence-corrected chi connectivity index (χ2v) is 13.3. The van der Waals surface area contributed by atoms with Gasteiger partial charge in [0.05, 0.1) is 33.0 Å². The topological polar surface area (TPSA) is 92.2 Å². The van der Waals surface area contributed by atoms with Crippen LogP contribution in [0.3, 0.4) is 0 Å². The molecule has 0 aliphatic carbocycles. The van der Waals surface area contributed by atoms with Gasteiger partial charge in [0.15, 0.2) is 10.9 Å². The fourth-order valence-electron chi connectivity index (χ4n) is 7.18. The number of hydrogen-bond donors (Lipinski definition) is 1. The summed E-state index contributed by atoms with van der Waals surface area (Å²) in [7, 11) is 0. The number of alkyl halides is 1. The van der Waals surface area contributed by atoms with Crippen molar-refractivity contribution >= 4 is 66.5 Å². The van der Waals surface area contributed by atoms with Crippen molar-refractivity contribution in [2.24, 2.45) is 0 Å². The Morgan fingerprint density at radius 2 is 2.02 bits per heavy atom. The summed E-state index contributed by atoms with van der Waals surface area (Å²) < 4.78 is 52.5. The Labute approximate surface area is 271 Å². The molecule has 2 atom stereocenters. The predicted octanol–water partition coefficient (Wildman–Crippen LogP) is 6.37. The summed E-state index contributed by atoms with van der Waals surface area (Å²) in [6.07, 6.45) is 2.23. The molecular formula is C32H29ClF3N7O2S. The first-order valence-corrected chi connectivity index (χ1v) is 16.1. The van der Waals surface area contributed by atoms with Crippen LogP contribution in [0.4, 0.5) is 29.7 Å². The number of pyridine rings is 1. The first-order chi connectivity index (χ1) is 22.1. The molecule has 2 aromatic heterocycles. The smallest absolute Gasteiger partial charge is 0.270 e. The molecule has 238 valence electrons. The maximum atomic E-state index is 16.9. The summed E-state index contributed by atoms with van der Waals surface area (Å²) in [5.74, 6) is -1.61. The highest BCUT2D eigenvalue weighted by atomic mass is 35.5. The zero-order chi connectivity index (χ0) is 32.3. The standard InChI is InChI=1S/C32H29ClF3N7O2S/c1-3-22(44)41-9-11-42(12-10-41)28-19-13-20(33)23(18-5-6-21(35)29-26(18)40-31(37)46-29)24(36)25(19)39-30(27(28)38-2)45-16-32-7-4-8-43(32)15-17(34)14-32/h3,5-6,13,17H,1,4,7-12,14-16H2,(H2,37,40). The van der Waals surface area contributed by atoms with Crippen LogP contribution in [0.2, 0.25) is 5.02 Å². The molecule has 3 aliphatic rings. The quantitative estimate of drug-likeness (QED) is 0.189. The third-order valence-electron chi connectivity index (χ3n) is 9.30. The minimum atomic E-state index is -0.978. The molecule has 0 bridgehead atoms. The SMILES string of the molecule is [C-]#[N+]c1c(OCC23CCCN2CC(F)C3)nc2c(F)c(-c3ccc(F)c4sc(N)nc34)c(Cl)cc2c1N1CCN(C(=O)C=C)CC1. The van der Waals surface area contributed by atoms with Gasteiger partial charge in [0.2, 0.25) is 11.8 Å². The van der Waals surface area contributed by atoms with Gasteiger partial charge in [0, 0.05) is 55.7 Å². The Morgan fingerprint density at radius 3 is 2.76 bits per heavy atom. The second kappa shape index (κ2) is 11.6. The van der Waals surface area contributed by atoms with Crippen LogP contribution in [0, 0.1) is 18.2 Å². The third-order valence-corrected chi connectivity index (χ3v) is 10.5. The number of benzene rings is 2. The minimum Gasteiger partial charge on any atom is -0.484 e. The number of amides is 1. The number of halogens is 4. The Kier molecular flexibility index (Phi) is 7.70. The molecule has 46 heavy (non-hydrogen) atoms. The molecule has 5 heterocycles. The van der Waals surface area contributed by atoms with Crippen molar-refractivity contribution in [1.29, 1.82) is 0 Å². The van der Waals surface area contributed by atoms with E-state index in [1.807, 2.05) is 4.90 Å². The third kappa shape index (κ3) is 4.90. The number of nitrogen functional groups attached to an aromatic ring is 1. The van der Waals surface area contributed by atoms with Crippen molar-refractivity contribution in [3.63, 3.8) is 0 Å². The second-order valence-electron chi connectivity index (χ2n) is 11.9. The molecule has 3 aliphatic heterocycles. The van der Waals surface area contributed by atoms with Gasteiger partial charge in [-0.2, -0.15) is 0 Å². The summed E-state index contributed by atoms with van der Waals surface area (Å²) in [6.45, 7) is 14.3. The van der Waals surface area contributed by atoms with E-state index in [9.17, 15) is 13.6 Å². The number of piperazine rings is 1. The summed E-state index contributed by atoms with van der Waals surface area (Å²) in [5.41, 5.74) is 6.09.